The fourth-order valence-corrected chi connectivity index (χ4v) is 2.97. The number of nitriles is 1. The average Bonchev–Trinajstić information content (AvgIpc) is 2.62. The van der Waals surface area contributed by atoms with Crippen molar-refractivity contribution in [1.82, 2.24) is 0 Å². The number of phenols is 2. The Balaban J connectivity index is 2.21. The molecule has 0 heterocycles. The van der Waals surface area contributed by atoms with Crippen LogP contribution in [0.2, 0.25) is 0 Å². The molecule has 0 bridgehead atoms. The van der Waals surface area contributed by atoms with Crippen molar-refractivity contribution in [3.05, 3.63) is 95.1 Å². The summed E-state index contributed by atoms with van der Waals surface area (Å²) in [6.45, 7) is 2.09. The van der Waals surface area contributed by atoms with Gasteiger partial charge in [0.05, 0.1) is 11.6 Å². The van der Waals surface area contributed by atoms with Crippen LogP contribution in [0.25, 0.3) is 0 Å². The fourth-order valence-electron chi connectivity index (χ4n) is 2.97. The van der Waals surface area contributed by atoms with Gasteiger partial charge in [-0.1, -0.05) is 36.4 Å². The van der Waals surface area contributed by atoms with E-state index in [1.807, 2.05) is 36.4 Å². The van der Waals surface area contributed by atoms with Crippen LogP contribution in [0.5, 0.6) is 11.5 Å². The minimum absolute atomic E-state index is 0.214. The zero-order valence-corrected chi connectivity index (χ0v) is 13.3. The van der Waals surface area contributed by atoms with Gasteiger partial charge >= 0.3 is 0 Å². The number of hydrogen-bond donors (Lipinski definition) is 2. The molecule has 0 radical (unpaired) electrons. The topological polar surface area (TPSA) is 64.2 Å². The molecule has 0 fully saturated rings. The first-order valence-corrected chi connectivity index (χ1v) is 7.63. The third kappa shape index (κ3) is 2.70. The van der Waals surface area contributed by atoms with Crippen molar-refractivity contribution in [2.75, 3.05) is 0 Å². The third-order valence-electron chi connectivity index (χ3n) is 4.48. The van der Waals surface area contributed by atoms with E-state index in [1.165, 1.54) is 0 Å². The molecule has 2 N–H and O–H groups in total. The van der Waals surface area contributed by atoms with Crippen LogP contribution in [-0.4, -0.2) is 10.2 Å². The quantitative estimate of drug-likeness (QED) is 0.707. The van der Waals surface area contributed by atoms with E-state index >= 15 is 0 Å². The summed E-state index contributed by atoms with van der Waals surface area (Å²) in [6, 6.07) is 23.8. The maximum atomic E-state index is 9.60. The second kappa shape index (κ2) is 6.10. The van der Waals surface area contributed by atoms with E-state index in [4.69, 9.17) is 5.26 Å². The number of aromatic hydroxyl groups is 2. The maximum absolute atomic E-state index is 9.60. The van der Waals surface area contributed by atoms with Crippen LogP contribution in [0.4, 0.5) is 0 Å². The Hall–Kier alpha value is -3.25. The Morgan fingerprint density at radius 3 is 1.33 bits per heavy atom. The van der Waals surface area contributed by atoms with Crippen molar-refractivity contribution in [3.63, 3.8) is 0 Å². The Kier molecular flexibility index (Phi) is 3.97. The molecule has 0 unspecified atom stereocenters. The summed E-state index contributed by atoms with van der Waals surface area (Å²) in [5, 5.41) is 28.2. The molecule has 0 spiro atoms. The lowest BCUT2D eigenvalue weighted by Gasteiger charge is -2.32. The van der Waals surface area contributed by atoms with Gasteiger partial charge in [0.1, 0.15) is 11.5 Å². The number of benzene rings is 3. The average molecular weight is 315 g/mol. The molecule has 0 amide bonds. The van der Waals surface area contributed by atoms with Gasteiger partial charge in [-0.05, 0) is 60.0 Å². The summed E-state index contributed by atoms with van der Waals surface area (Å²) in [5.74, 6) is 0.429. The van der Waals surface area contributed by atoms with Crippen LogP contribution in [0.15, 0.2) is 72.8 Å². The maximum Gasteiger partial charge on any atom is 0.115 e. The van der Waals surface area contributed by atoms with Gasteiger partial charge in [-0.15, -0.1) is 0 Å². The zero-order chi connectivity index (χ0) is 17.2. The van der Waals surface area contributed by atoms with E-state index < -0.39 is 5.41 Å². The van der Waals surface area contributed by atoms with Crippen molar-refractivity contribution in [3.8, 4) is 17.6 Å². The summed E-state index contributed by atoms with van der Waals surface area (Å²) in [6.07, 6.45) is 0. The molecule has 3 aromatic carbocycles. The van der Waals surface area contributed by atoms with Gasteiger partial charge < -0.3 is 10.2 Å². The van der Waals surface area contributed by atoms with Gasteiger partial charge in [-0.25, -0.2) is 0 Å². The molecule has 0 aliphatic heterocycles. The minimum Gasteiger partial charge on any atom is -0.508 e. The smallest absolute Gasteiger partial charge is 0.115 e. The standard InChI is InChI=1S/C21H17NO2/c1-21(17-6-10-19(23)11-7-17,18-8-12-20(24)13-9-18)16-4-2-15(14-22)3-5-16/h2-13,23-24H,1H3. The van der Waals surface area contributed by atoms with Crippen molar-refractivity contribution in [2.45, 2.75) is 12.3 Å². The largest absolute Gasteiger partial charge is 0.508 e. The zero-order valence-electron chi connectivity index (χ0n) is 13.3. The molecule has 0 aliphatic rings. The Labute approximate surface area is 141 Å². The number of hydrogen-bond acceptors (Lipinski definition) is 3. The fraction of sp³-hybridized carbons (Fsp3) is 0.0952. The lowest BCUT2D eigenvalue weighted by atomic mass is 9.71. The molecule has 24 heavy (non-hydrogen) atoms. The predicted octanol–water partition coefficient (Wildman–Crippen LogP) is 4.32. The number of phenolic OH excluding ortho intramolecular Hbond substituents is 2. The van der Waals surface area contributed by atoms with E-state index in [0.717, 1.165) is 16.7 Å². The molecule has 0 saturated carbocycles. The molecular weight excluding hydrogens is 298 g/mol. The van der Waals surface area contributed by atoms with Gasteiger partial charge in [0.2, 0.25) is 0 Å². The molecule has 3 nitrogen and oxygen atoms in total. The Bertz CT molecular complexity index is 828. The monoisotopic (exact) mass is 315 g/mol. The van der Waals surface area contributed by atoms with Crippen LogP contribution in [0.3, 0.4) is 0 Å². The SMILES string of the molecule is CC(c1ccc(O)cc1)(c1ccc(O)cc1)c1ccc(C#N)cc1. The van der Waals surface area contributed by atoms with Gasteiger partial charge in [-0.3, -0.25) is 0 Å². The van der Waals surface area contributed by atoms with Crippen LogP contribution in [0, 0.1) is 11.3 Å². The third-order valence-corrected chi connectivity index (χ3v) is 4.48. The van der Waals surface area contributed by atoms with E-state index in [2.05, 4.69) is 13.0 Å². The molecule has 118 valence electrons. The van der Waals surface area contributed by atoms with Crippen molar-refractivity contribution in [2.24, 2.45) is 0 Å². The highest BCUT2D eigenvalue weighted by atomic mass is 16.3. The molecule has 3 heteroatoms. The summed E-state index contributed by atoms with van der Waals surface area (Å²) >= 11 is 0. The molecule has 3 aromatic rings. The van der Waals surface area contributed by atoms with Gasteiger partial charge in [0.25, 0.3) is 0 Å². The molecule has 0 aromatic heterocycles. The van der Waals surface area contributed by atoms with Crippen LogP contribution < -0.4 is 0 Å². The summed E-state index contributed by atoms with van der Waals surface area (Å²) in [5.41, 5.74) is 3.18. The van der Waals surface area contributed by atoms with Crippen LogP contribution in [0.1, 0.15) is 29.2 Å². The highest BCUT2D eigenvalue weighted by molar-refractivity contribution is 5.52. The van der Waals surface area contributed by atoms with Gasteiger partial charge in [-0.2, -0.15) is 5.26 Å². The van der Waals surface area contributed by atoms with E-state index in [-0.39, 0.29) is 11.5 Å². The lowest BCUT2D eigenvalue weighted by molar-refractivity contribution is 0.474. The van der Waals surface area contributed by atoms with Gasteiger partial charge in [0.15, 0.2) is 0 Å². The molecular formula is C21H17NO2. The molecule has 3 rings (SSSR count). The second-order valence-electron chi connectivity index (χ2n) is 5.91. The highest BCUT2D eigenvalue weighted by Crippen LogP contribution is 2.39. The lowest BCUT2D eigenvalue weighted by Crippen LogP contribution is -2.25. The molecule has 0 saturated heterocycles. The highest BCUT2D eigenvalue weighted by Gasteiger charge is 2.31. The summed E-state index contributed by atoms with van der Waals surface area (Å²) in [4.78, 5) is 0. The van der Waals surface area contributed by atoms with Crippen molar-refractivity contribution in [1.29, 1.82) is 5.26 Å². The van der Waals surface area contributed by atoms with E-state index in [1.54, 1.807) is 36.4 Å². The molecule has 0 atom stereocenters. The first-order valence-electron chi connectivity index (χ1n) is 7.63. The van der Waals surface area contributed by atoms with Crippen molar-refractivity contribution >= 4 is 0 Å². The Morgan fingerprint density at radius 1 is 0.667 bits per heavy atom. The predicted molar refractivity (Wildman–Crippen MR) is 92.9 cm³/mol. The normalized spacial score (nSPS) is 11.0. The minimum atomic E-state index is -0.477. The van der Waals surface area contributed by atoms with Crippen molar-refractivity contribution < 1.29 is 10.2 Å². The van der Waals surface area contributed by atoms with Gasteiger partial charge in [0, 0.05) is 5.41 Å². The summed E-state index contributed by atoms with van der Waals surface area (Å²) in [7, 11) is 0. The number of nitrogens with zero attached hydrogens (tertiary/aromatic N) is 1. The second-order valence-corrected chi connectivity index (χ2v) is 5.91. The first kappa shape index (κ1) is 15.6. The summed E-state index contributed by atoms with van der Waals surface area (Å²) < 4.78 is 0. The Morgan fingerprint density at radius 2 is 1.00 bits per heavy atom. The molecule has 0 aliphatic carbocycles. The number of rotatable bonds is 3. The first-order chi connectivity index (χ1) is 11.5. The van der Waals surface area contributed by atoms with Crippen LogP contribution >= 0.6 is 0 Å². The van der Waals surface area contributed by atoms with Crippen LogP contribution in [-0.2, 0) is 5.41 Å². The van der Waals surface area contributed by atoms with E-state index in [9.17, 15) is 10.2 Å². The van der Waals surface area contributed by atoms with E-state index in [0.29, 0.717) is 5.56 Å².